The molecule has 1 aromatic heterocycles. The van der Waals surface area contributed by atoms with Gasteiger partial charge >= 0.3 is 0 Å². The first kappa shape index (κ1) is 23.7. The molecule has 8 heteroatoms. The number of nitrogens with zero attached hydrogens (tertiary/aromatic N) is 3. The molecule has 0 fully saturated rings. The molecule has 2 N–H and O–H groups in total. The van der Waals surface area contributed by atoms with Crippen molar-refractivity contribution in [2.45, 2.75) is 20.0 Å². The zero-order valence-corrected chi connectivity index (χ0v) is 19.0. The van der Waals surface area contributed by atoms with Crippen LogP contribution in [0.4, 0.5) is 4.39 Å². The summed E-state index contributed by atoms with van der Waals surface area (Å²) < 4.78 is 18.8. The number of aliphatic imine (C=N–C) groups is 1. The predicted molar refractivity (Wildman–Crippen MR) is 127 cm³/mol. The van der Waals surface area contributed by atoms with Gasteiger partial charge in [-0.05, 0) is 60.5 Å². The average Bonchev–Trinajstić information content (AvgIpc) is 2.82. The molecule has 0 atom stereocenters. The molecule has 0 saturated carbocycles. The Morgan fingerprint density at radius 3 is 2.42 bits per heavy atom. The summed E-state index contributed by atoms with van der Waals surface area (Å²) in [6.07, 6.45) is 1.65. The number of amides is 1. The number of ether oxygens (including phenoxy) is 1. The van der Waals surface area contributed by atoms with Crippen molar-refractivity contribution >= 4 is 11.9 Å². The second-order valence-corrected chi connectivity index (χ2v) is 7.50. The van der Waals surface area contributed by atoms with Gasteiger partial charge in [0.1, 0.15) is 11.6 Å². The number of hydrogen-bond donors (Lipinski definition) is 2. The summed E-state index contributed by atoms with van der Waals surface area (Å²) in [4.78, 5) is 22.4. The van der Waals surface area contributed by atoms with Crippen LogP contribution in [0.2, 0.25) is 0 Å². The van der Waals surface area contributed by atoms with E-state index >= 15 is 0 Å². The fraction of sp³-hybridized carbons (Fsp3) is 0.240. The molecule has 0 radical (unpaired) electrons. The first-order valence-corrected chi connectivity index (χ1v) is 10.7. The third-order valence-corrected chi connectivity index (χ3v) is 4.67. The van der Waals surface area contributed by atoms with Crippen LogP contribution in [0.1, 0.15) is 28.4 Å². The standard InChI is InChI=1S/C25H28FN5O2/c1-4-27-25(29-16-18-5-7-20(8-6-18)24(32)31(2)3)30-17-19-13-14-28-23(15-19)33-22-11-9-21(26)10-12-22/h5-15H,4,16-17H2,1-3H3,(H2,27,29,30). The largest absolute Gasteiger partial charge is 0.439 e. The minimum absolute atomic E-state index is 0.0236. The van der Waals surface area contributed by atoms with Crippen molar-refractivity contribution in [3.8, 4) is 11.6 Å². The van der Waals surface area contributed by atoms with E-state index in [-0.39, 0.29) is 11.7 Å². The zero-order chi connectivity index (χ0) is 23.6. The van der Waals surface area contributed by atoms with Crippen molar-refractivity contribution in [2.24, 2.45) is 4.99 Å². The summed E-state index contributed by atoms with van der Waals surface area (Å²) >= 11 is 0. The Kier molecular flexibility index (Phi) is 8.35. The van der Waals surface area contributed by atoms with Gasteiger partial charge in [0.05, 0.1) is 6.54 Å². The fourth-order valence-electron chi connectivity index (χ4n) is 2.95. The highest BCUT2D eigenvalue weighted by Crippen LogP contribution is 2.20. The number of aromatic nitrogens is 1. The topological polar surface area (TPSA) is 78.9 Å². The number of carbonyl (C=O) groups is 1. The van der Waals surface area contributed by atoms with Crippen LogP contribution in [0.3, 0.4) is 0 Å². The third kappa shape index (κ3) is 7.31. The number of halogens is 1. The molecule has 2 aromatic carbocycles. The summed E-state index contributed by atoms with van der Waals surface area (Å²) in [6, 6.07) is 16.9. The highest BCUT2D eigenvalue weighted by atomic mass is 19.1. The second-order valence-electron chi connectivity index (χ2n) is 7.50. The maximum Gasteiger partial charge on any atom is 0.253 e. The van der Waals surface area contributed by atoms with Gasteiger partial charge in [0.2, 0.25) is 5.88 Å². The molecular formula is C25H28FN5O2. The molecule has 1 amide bonds. The van der Waals surface area contributed by atoms with Gasteiger partial charge in [-0.15, -0.1) is 0 Å². The SMILES string of the molecule is CCNC(=NCc1ccnc(Oc2ccc(F)cc2)c1)NCc1ccc(C(=O)N(C)C)cc1. The van der Waals surface area contributed by atoms with Crippen LogP contribution < -0.4 is 15.4 Å². The maximum absolute atomic E-state index is 13.1. The molecule has 0 aliphatic rings. The van der Waals surface area contributed by atoms with Crippen molar-refractivity contribution < 1.29 is 13.9 Å². The molecule has 3 rings (SSSR count). The molecule has 0 unspecified atom stereocenters. The number of carbonyl (C=O) groups excluding carboxylic acids is 1. The molecular weight excluding hydrogens is 421 g/mol. The quantitative estimate of drug-likeness (QED) is 0.402. The fourth-order valence-corrected chi connectivity index (χ4v) is 2.95. The van der Waals surface area contributed by atoms with Crippen molar-refractivity contribution in [1.29, 1.82) is 0 Å². The molecule has 7 nitrogen and oxygen atoms in total. The van der Waals surface area contributed by atoms with E-state index in [0.29, 0.717) is 36.2 Å². The van der Waals surface area contributed by atoms with Crippen LogP contribution in [0.15, 0.2) is 71.9 Å². The lowest BCUT2D eigenvalue weighted by Crippen LogP contribution is -2.36. The minimum atomic E-state index is -0.320. The van der Waals surface area contributed by atoms with Gasteiger partial charge in [0, 0.05) is 45.0 Å². The molecule has 0 aliphatic carbocycles. The van der Waals surface area contributed by atoms with Crippen molar-refractivity contribution in [3.63, 3.8) is 0 Å². The lowest BCUT2D eigenvalue weighted by Gasteiger charge is -2.13. The van der Waals surface area contributed by atoms with Crippen LogP contribution in [0.25, 0.3) is 0 Å². The van der Waals surface area contributed by atoms with Crippen LogP contribution in [-0.4, -0.2) is 42.4 Å². The highest BCUT2D eigenvalue weighted by molar-refractivity contribution is 5.93. The van der Waals surface area contributed by atoms with E-state index in [4.69, 9.17) is 4.74 Å². The van der Waals surface area contributed by atoms with Gasteiger partial charge < -0.3 is 20.3 Å². The van der Waals surface area contributed by atoms with Crippen molar-refractivity contribution in [2.75, 3.05) is 20.6 Å². The normalized spacial score (nSPS) is 11.1. The predicted octanol–water partition coefficient (Wildman–Crippen LogP) is 3.97. The van der Waals surface area contributed by atoms with E-state index in [9.17, 15) is 9.18 Å². The Morgan fingerprint density at radius 1 is 1.03 bits per heavy atom. The van der Waals surface area contributed by atoms with Crippen LogP contribution in [0.5, 0.6) is 11.6 Å². The Morgan fingerprint density at radius 2 is 1.76 bits per heavy atom. The summed E-state index contributed by atoms with van der Waals surface area (Å²) in [5, 5.41) is 6.52. The Labute approximate surface area is 193 Å². The monoisotopic (exact) mass is 449 g/mol. The summed E-state index contributed by atoms with van der Waals surface area (Å²) in [7, 11) is 3.47. The smallest absolute Gasteiger partial charge is 0.253 e. The first-order valence-electron chi connectivity index (χ1n) is 10.7. The highest BCUT2D eigenvalue weighted by Gasteiger charge is 2.07. The molecule has 172 valence electrons. The molecule has 0 bridgehead atoms. The minimum Gasteiger partial charge on any atom is -0.439 e. The Hall–Kier alpha value is -3.94. The summed E-state index contributed by atoms with van der Waals surface area (Å²) in [5.74, 6) is 1.26. The van der Waals surface area contributed by atoms with E-state index in [1.165, 1.54) is 12.1 Å². The van der Waals surface area contributed by atoms with Gasteiger partial charge in [-0.2, -0.15) is 0 Å². The van der Waals surface area contributed by atoms with E-state index in [1.807, 2.05) is 37.3 Å². The number of rotatable bonds is 8. The van der Waals surface area contributed by atoms with Gasteiger partial charge in [-0.25, -0.2) is 14.4 Å². The van der Waals surface area contributed by atoms with E-state index in [2.05, 4.69) is 20.6 Å². The van der Waals surface area contributed by atoms with Crippen LogP contribution in [0, 0.1) is 5.82 Å². The Bertz CT molecular complexity index is 1080. The second kappa shape index (κ2) is 11.6. The molecule has 0 aliphatic heterocycles. The van der Waals surface area contributed by atoms with E-state index < -0.39 is 0 Å². The van der Waals surface area contributed by atoms with Crippen molar-refractivity contribution in [3.05, 3.63) is 89.4 Å². The number of nitrogens with one attached hydrogen (secondary N) is 2. The average molecular weight is 450 g/mol. The molecule has 0 saturated heterocycles. The van der Waals surface area contributed by atoms with Gasteiger partial charge in [0.25, 0.3) is 5.91 Å². The van der Waals surface area contributed by atoms with E-state index in [0.717, 1.165) is 17.7 Å². The number of guanidine groups is 1. The number of benzene rings is 2. The summed E-state index contributed by atoms with van der Waals surface area (Å²) in [5.41, 5.74) is 2.61. The number of pyridine rings is 1. The van der Waals surface area contributed by atoms with Gasteiger partial charge in [-0.3, -0.25) is 4.79 Å². The number of hydrogen-bond acceptors (Lipinski definition) is 4. The first-order chi connectivity index (χ1) is 15.9. The molecule has 1 heterocycles. The van der Waals surface area contributed by atoms with Gasteiger partial charge in [-0.1, -0.05) is 12.1 Å². The zero-order valence-electron chi connectivity index (χ0n) is 19.0. The van der Waals surface area contributed by atoms with Crippen LogP contribution in [-0.2, 0) is 13.1 Å². The third-order valence-electron chi connectivity index (χ3n) is 4.67. The molecule has 0 spiro atoms. The van der Waals surface area contributed by atoms with E-state index in [1.54, 1.807) is 43.4 Å². The molecule has 33 heavy (non-hydrogen) atoms. The Balaban J connectivity index is 1.60. The lowest BCUT2D eigenvalue weighted by atomic mass is 10.1. The van der Waals surface area contributed by atoms with Crippen molar-refractivity contribution in [1.82, 2.24) is 20.5 Å². The maximum atomic E-state index is 13.1. The van der Waals surface area contributed by atoms with Gasteiger partial charge in [0.15, 0.2) is 5.96 Å². The van der Waals surface area contributed by atoms with Crippen LogP contribution >= 0.6 is 0 Å². The summed E-state index contributed by atoms with van der Waals surface area (Å²) in [6.45, 7) is 3.71. The lowest BCUT2D eigenvalue weighted by molar-refractivity contribution is 0.0827. The molecule has 3 aromatic rings.